The number of hydrogen-bond donors (Lipinski definition) is 2. The number of carboxylic acid groups (broad SMARTS) is 1. The van der Waals surface area contributed by atoms with Crippen LogP contribution in [-0.4, -0.2) is 23.6 Å². The van der Waals surface area contributed by atoms with Gasteiger partial charge in [-0.3, -0.25) is 4.79 Å². The van der Waals surface area contributed by atoms with Crippen LogP contribution >= 0.6 is 0 Å². The summed E-state index contributed by atoms with van der Waals surface area (Å²) < 4.78 is 0. The maximum absolute atomic E-state index is 10.2. The first-order valence-electron chi connectivity index (χ1n) is 10.1. The fourth-order valence-electron chi connectivity index (χ4n) is 2.64. The van der Waals surface area contributed by atoms with Crippen molar-refractivity contribution in [2.24, 2.45) is 5.73 Å². The fraction of sp³-hybridized carbons (Fsp3) is 0.900. The van der Waals surface area contributed by atoms with Crippen LogP contribution in [0.5, 0.6) is 0 Å². The first-order chi connectivity index (χ1) is 12.0. The minimum absolute atomic E-state index is 0. The first kappa shape index (κ1) is 30.6. The van der Waals surface area contributed by atoms with Crippen LogP contribution < -0.4 is 40.4 Å². The Hall–Kier alpha value is -0.100. The van der Waals surface area contributed by atoms with Gasteiger partial charge in [-0.1, -0.05) is 96.8 Å². The van der Waals surface area contributed by atoms with Crippen LogP contribution in [-0.2, 0) is 9.59 Å². The SMILES string of the molecule is CCCCCCCCCCCCCCCCCC(=O)[O-].NC(=O)CO.[Na+]. The van der Waals surface area contributed by atoms with E-state index < -0.39 is 18.5 Å². The van der Waals surface area contributed by atoms with Crippen LogP contribution in [0.4, 0.5) is 0 Å². The van der Waals surface area contributed by atoms with E-state index in [1.165, 1.54) is 83.5 Å². The Balaban J connectivity index is -0.000000772. The minimum Gasteiger partial charge on any atom is -0.550 e. The molecule has 0 spiro atoms. The van der Waals surface area contributed by atoms with E-state index in [2.05, 4.69) is 12.7 Å². The molecule has 6 heteroatoms. The number of primary amides is 1. The number of carbonyl (C=O) groups is 2. The third kappa shape index (κ3) is 35.1. The molecule has 0 atom stereocenters. The second-order valence-electron chi connectivity index (χ2n) is 6.70. The van der Waals surface area contributed by atoms with Crippen molar-refractivity contribution in [3.8, 4) is 0 Å². The van der Waals surface area contributed by atoms with Gasteiger partial charge in [-0.15, -0.1) is 0 Å². The molecule has 0 aliphatic heterocycles. The van der Waals surface area contributed by atoms with Crippen molar-refractivity contribution >= 4 is 11.9 Å². The van der Waals surface area contributed by atoms with Gasteiger partial charge in [0.15, 0.2) is 0 Å². The predicted octanol–water partition coefficient (Wildman–Crippen LogP) is 0.466. The Morgan fingerprint density at radius 3 is 1.23 bits per heavy atom. The number of unbranched alkanes of at least 4 members (excludes halogenated alkanes) is 14. The molecule has 0 aromatic carbocycles. The van der Waals surface area contributed by atoms with Gasteiger partial charge in [0.2, 0.25) is 5.91 Å². The molecule has 150 valence electrons. The van der Waals surface area contributed by atoms with Crippen LogP contribution in [0.25, 0.3) is 0 Å². The number of aliphatic hydroxyl groups is 1. The van der Waals surface area contributed by atoms with Crippen LogP contribution in [0, 0.1) is 0 Å². The van der Waals surface area contributed by atoms with Gasteiger partial charge in [0.05, 0.1) is 0 Å². The average Bonchev–Trinajstić information content (AvgIpc) is 2.58. The maximum Gasteiger partial charge on any atom is 1.00 e. The van der Waals surface area contributed by atoms with Crippen molar-refractivity contribution in [1.29, 1.82) is 0 Å². The third-order valence-electron chi connectivity index (χ3n) is 4.14. The molecule has 0 aromatic heterocycles. The molecule has 26 heavy (non-hydrogen) atoms. The number of carbonyl (C=O) groups excluding carboxylic acids is 2. The summed E-state index contributed by atoms with van der Waals surface area (Å²) in [5.74, 6) is -1.59. The number of rotatable bonds is 17. The summed E-state index contributed by atoms with van der Waals surface area (Å²) in [6, 6.07) is 0. The van der Waals surface area contributed by atoms with Gasteiger partial charge in [-0.05, 0) is 12.8 Å². The molecule has 0 unspecified atom stereocenters. The van der Waals surface area contributed by atoms with Crippen molar-refractivity contribution in [3.05, 3.63) is 0 Å². The Morgan fingerprint density at radius 1 is 0.731 bits per heavy atom. The minimum atomic E-state index is -0.903. The Morgan fingerprint density at radius 2 is 1.00 bits per heavy atom. The smallest absolute Gasteiger partial charge is 0.550 e. The molecule has 0 saturated heterocycles. The molecule has 5 nitrogen and oxygen atoms in total. The standard InChI is InChI=1S/C18H36O2.C2H5NO2.Na/c1-2-3-4-5-6-7-8-9-10-11-12-13-14-15-16-17-18(19)20;3-2(5)1-4;/h2-17H2,1H3,(H,19,20);4H,1H2,(H2,3,5);/q;;+1/p-1. The monoisotopic (exact) mass is 381 g/mol. The first-order valence-corrected chi connectivity index (χ1v) is 10.1. The third-order valence-corrected chi connectivity index (χ3v) is 4.14. The summed E-state index contributed by atoms with van der Waals surface area (Å²) in [6.45, 7) is 1.71. The number of aliphatic carboxylic acids is 1. The van der Waals surface area contributed by atoms with Crippen molar-refractivity contribution in [1.82, 2.24) is 0 Å². The van der Waals surface area contributed by atoms with Gasteiger partial charge in [-0.2, -0.15) is 0 Å². The number of nitrogens with two attached hydrogens (primary N) is 1. The van der Waals surface area contributed by atoms with Crippen LogP contribution in [0.1, 0.15) is 110 Å². The van der Waals surface area contributed by atoms with Gasteiger partial charge < -0.3 is 20.7 Å². The summed E-state index contributed by atoms with van der Waals surface area (Å²) in [7, 11) is 0. The van der Waals surface area contributed by atoms with E-state index in [-0.39, 0.29) is 36.0 Å². The fourth-order valence-corrected chi connectivity index (χ4v) is 2.64. The zero-order valence-electron chi connectivity index (χ0n) is 17.3. The Labute approximate surface area is 182 Å². The number of hydrogen-bond acceptors (Lipinski definition) is 4. The van der Waals surface area contributed by atoms with Crippen LogP contribution in [0.2, 0.25) is 0 Å². The Kier molecular flexibility index (Phi) is 31.9. The second-order valence-corrected chi connectivity index (χ2v) is 6.70. The van der Waals surface area contributed by atoms with Gasteiger partial charge in [0.1, 0.15) is 6.61 Å². The topological polar surface area (TPSA) is 103 Å². The van der Waals surface area contributed by atoms with Crippen molar-refractivity contribution < 1.29 is 49.4 Å². The normalized spacial score (nSPS) is 9.77. The summed E-state index contributed by atoms with van der Waals surface area (Å²) in [5, 5.41) is 17.9. The summed E-state index contributed by atoms with van der Waals surface area (Å²) >= 11 is 0. The second kappa shape index (κ2) is 27.1. The molecule has 0 fully saturated rings. The Bertz CT molecular complexity index is 302. The summed E-state index contributed by atoms with van der Waals surface area (Å²) in [4.78, 5) is 19.6. The van der Waals surface area contributed by atoms with E-state index >= 15 is 0 Å². The van der Waals surface area contributed by atoms with E-state index in [1.807, 2.05) is 0 Å². The van der Waals surface area contributed by atoms with E-state index in [9.17, 15) is 14.7 Å². The zero-order chi connectivity index (χ0) is 19.2. The van der Waals surface area contributed by atoms with Gasteiger partial charge in [-0.25, -0.2) is 0 Å². The van der Waals surface area contributed by atoms with Gasteiger partial charge in [0.25, 0.3) is 0 Å². The van der Waals surface area contributed by atoms with E-state index in [0.717, 1.165) is 12.8 Å². The average molecular weight is 382 g/mol. The van der Waals surface area contributed by atoms with Crippen LogP contribution in [0.15, 0.2) is 0 Å². The van der Waals surface area contributed by atoms with Crippen LogP contribution in [0.3, 0.4) is 0 Å². The van der Waals surface area contributed by atoms with E-state index in [4.69, 9.17) is 5.11 Å². The molecule has 0 aromatic rings. The van der Waals surface area contributed by atoms with E-state index in [0.29, 0.717) is 0 Å². The number of amides is 1. The quantitative estimate of drug-likeness (QED) is 0.282. The zero-order valence-corrected chi connectivity index (χ0v) is 19.3. The molecule has 0 rings (SSSR count). The van der Waals surface area contributed by atoms with Crippen molar-refractivity contribution in [2.45, 2.75) is 110 Å². The molecule has 0 bridgehead atoms. The van der Waals surface area contributed by atoms with E-state index in [1.54, 1.807) is 0 Å². The predicted molar refractivity (Wildman–Crippen MR) is 101 cm³/mol. The molecule has 0 aliphatic carbocycles. The molecule has 0 radical (unpaired) electrons. The summed E-state index contributed by atoms with van der Waals surface area (Å²) in [6.07, 6.45) is 19.9. The van der Waals surface area contributed by atoms with Crippen molar-refractivity contribution in [2.75, 3.05) is 6.61 Å². The largest absolute Gasteiger partial charge is 1.00 e. The molecule has 3 N–H and O–H groups in total. The molecule has 0 saturated carbocycles. The summed E-state index contributed by atoms with van der Waals surface area (Å²) in [5.41, 5.74) is 4.40. The maximum atomic E-state index is 10.2. The molecular formula is C20H40NNaO4. The molecule has 1 amide bonds. The molecule has 0 aliphatic rings. The molecular weight excluding hydrogens is 341 g/mol. The number of carboxylic acids is 1. The molecule has 0 heterocycles. The van der Waals surface area contributed by atoms with Gasteiger partial charge >= 0.3 is 29.6 Å². The number of aliphatic hydroxyl groups excluding tert-OH is 1. The van der Waals surface area contributed by atoms with Gasteiger partial charge in [0, 0.05) is 5.97 Å². The van der Waals surface area contributed by atoms with Crippen molar-refractivity contribution in [3.63, 3.8) is 0 Å².